The number of thiophene rings is 1. The van der Waals surface area contributed by atoms with E-state index in [1.54, 1.807) is 17.7 Å². The molecule has 25 heavy (non-hydrogen) atoms. The highest BCUT2D eigenvalue weighted by molar-refractivity contribution is 7.18. The molecule has 6 heteroatoms. The Bertz CT molecular complexity index is 1050. The Morgan fingerprint density at radius 3 is 2.84 bits per heavy atom. The van der Waals surface area contributed by atoms with Crippen LogP contribution in [-0.4, -0.2) is 26.1 Å². The fourth-order valence-corrected chi connectivity index (χ4v) is 4.24. The maximum atomic E-state index is 4.63. The first-order chi connectivity index (χ1) is 12.1. The summed E-state index contributed by atoms with van der Waals surface area (Å²) in [5.74, 6) is 2.01. The van der Waals surface area contributed by atoms with Crippen LogP contribution in [0.4, 0.5) is 5.82 Å². The molecule has 128 valence electrons. The molecule has 0 aliphatic rings. The molecule has 0 spiro atoms. The zero-order chi connectivity index (χ0) is 17.4. The number of nitrogens with zero attached hydrogens (tertiary/aromatic N) is 4. The monoisotopic (exact) mass is 351 g/mol. The Kier molecular flexibility index (Phi) is 4.13. The molecule has 0 radical (unpaired) electrons. The SMILES string of the molecule is Cc1sc2ncnc(NCCCn3c(C)nc4ccccc43)c2c1C. The number of nitrogens with one attached hydrogen (secondary N) is 1. The quantitative estimate of drug-likeness (QED) is 0.539. The fourth-order valence-electron chi connectivity index (χ4n) is 3.24. The molecule has 3 heterocycles. The van der Waals surface area contributed by atoms with Gasteiger partial charge in [-0.2, -0.15) is 0 Å². The van der Waals surface area contributed by atoms with Crippen molar-refractivity contribution < 1.29 is 0 Å². The Labute approximate surface area is 150 Å². The van der Waals surface area contributed by atoms with Crippen molar-refractivity contribution in [2.24, 2.45) is 0 Å². The van der Waals surface area contributed by atoms with Crippen LogP contribution >= 0.6 is 11.3 Å². The van der Waals surface area contributed by atoms with Crippen LogP contribution in [0, 0.1) is 20.8 Å². The van der Waals surface area contributed by atoms with Gasteiger partial charge in [0.2, 0.25) is 0 Å². The second-order valence-corrected chi connectivity index (χ2v) is 7.47. The molecule has 4 aromatic rings. The standard InChI is InChI=1S/C19H21N5S/c1-12-13(2)25-19-17(12)18(21-11-22-19)20-9-6-10-24-14(3)23-15-7-4-5-8-16(15)24/h4-5,7-8,11H,6,9-10H2,1-3H3,(H,20,21,22). The largest absolute Gasteiger partial charge is 0.369 e. The number of anilines is 1. The number of imidazole rings is 1. The van der Waals surface area contributed by atoms with Crippen molar-refractivity contribution in [3.05, 3.63) is 46.9 Å². The molecule has 0 aliphatic heterocycles. The molecular weight excluding hydrogens is 330 g/mol. The summed E-state index contributed by atoms with van der Waals surface area (Å²) >= 11 is 1.73. The molecule has 0 aliphatic carbocycles. The maximum Gasteiger partial charge on any atom is 0.138 e. The number of aryl methyl sites for hydroxylation is 4. The first-order valence-electron chi connectivity index (χ1n) is 8.51. The average Bonchev–Trinajstić information content (AvgIpc) is 3.08. The number of hydrogen-bond donors (Lipinski definition) is 1. The van der Waals surface area contributed by atoms with Gasteiger partial charge in [0, 0.05) is 18.0 Å². The highest BCUT2D eigenvalue weighted by Gasteiger charge is 2.11. The summed E-state index contributed by atoms with van der Waals surface area (Å²) in [5.41, 5.74) is 3.54. The summed E-state index contributed by atoms with van der Waals surface area (Å²) in [5, 5.41) is 4.65. The minimum Gasteiger partial charge on any atom is -0.369 e. The molecule has 0 bridgehead atoms. The van der Waals surface area contributed by atoms with Gasteiger partial charge in [-0.05, 0) is 44.9 Å². The van der Waals surface area contributed by atoms with E-state index >= 15 is 0 Å². The van der Waals surface area contributed by atoms with Gasteiger partial charge < -0.3 is 9.88 Å². The van der Waals surface area contributed by atoms with Gasteiger partial charge in [-0.25, -0.2) is 15.0 Å². The molecule has 0 fully saturated rings. The lowest BCUT2D eigenvalue weighted by molar-refractivity contribution is 0.658. The third kappa shape index (κ3) is 2.87. The van der Waals surface area contributed by atoms with Gasteiger partial charge in [-0.3, -0.25) is 0 Å². The molecule has 1 aromatic carbocycles. The number of para-hydroxylation sites is 2. The van der Waals surface area contributed by atoms with E-state index in [4.69, 9.17) is 0 Å². The zero-order valence-corrected chi connectivity index (χ0v) is 15.5. The van der Waals surface area contributed by atoms with E-state index in [1.807, 2.05) is 6.07 Å². The second-order valence-electron chi connectivity index (χ2n) is 6.27. The number of rotatable bonds is 5. The summed E-state index contributed by atoms with van der Waals surface area (Å²) < 4.78 is 2.28. The lowest BCUT2D eigenvalue weighted by atomic mass is 10.2. The van der Waals surface area contributed by atoms with Gasteiger partial charge in [-0.15, -0.1) is 11.3 Å². The van der Waals surface area contributed by atoms with E-state index in [-0.39, 0.29) is 0 Å². The Balaban J connectivity index is 1.47. The zero-order valence-electron chi connectivity index (χ0n) is 14.7. The smallest absolute Gasteiger partial charge is 0.138 e. The van der Waals surface area contributed by atoms with Crippen molar-refractivity contribution in [3.8, 4) is 0 Å². The minimum absolute atomic E-state index is 0.867. The van der Waals surface area contributed by atoms with E-state index in [9.17, 15) is 0 Å². The van der Waals surface area contributed by atoms with Crippen LogP contribution < -0.4 is 5.32 Å². The molecule has 0 saturated carbocycles. The van der Waals surface area contributed by atoms with Gasteiger partial charge in [0.15, 0.2) is 0 Å². The summed E-state index contributed by atoms with van der Waals surface area (Å²) in [7, 11) is 0. The summed E-state index contributed by atoms with van der Waals surface area (Å²) in [6, 6.07) is 8.30. The fraction of sp³-hybridized carbons (Fsp3) is 0.316. The Morgan fingerprint density at radius 1 is 1.12 bits per heavy atom. The van der Waals surface area contributed by atoms with Crippen LogP contribution in [0.1, 0.15) is 22.7 Å². The predicted octanol–water partition coefficient (Wildman–Crippen LogP) is 4.47. The molecule has 1 N–H and O–H groups in total. The molecule has 0 amide bonds. The van der Waals surface area contributed by atoms with Crippen LogP contribution in [-0.2, 0) is 6.54 Å². The van der Waals surface area contributed by atoms with E-state index in [0.717, 1.165) is 46.9 Å². The molecular formula is C19H21N5S. The molecule has 0 unspecified atom stereocenters. The molecule has 4 rings (SSSR count). The van der Waals surface area contributed by atoms with Gasteiger partial charge in [0.1, 0.15) is 22.8 Å². The van der Waals surface area contributed by atoms with E-state index in [0.29, 0.717) is 0 Å². The van der Waals surface area contributed by atoms with Crippen LogP contribution in [0.2, 0.25) is 0 Å². The molecule has 5 nitrogen and oxygen atoms in total. The van der Waals surface area contributed by atoms with Crippen molar-refractivity contribution in [1.29, 1.82) is 0 Å². The van der Waals surface area contributed by atoms with Crippen LogP contribution in [0.5, 0.6) is 0 Å². The molecule has 0 atom stereocenters. The van der Waals surface area contributed by atoms with Gasteiger partial charge in [0.05, 0.1) is 16.4 Å². The average molecular weight is 351 g/mol. The van der Waals surface area contributed by atoms with Gasteiger partial charge in [-0.1, -0.05) is 12.1 Å². The summed E-state index contributed by atoms with van der Waals surface area (Å²) in [6.07, 6.45) is 2.66. The van der Waals surface area contributed by atoms with Crippen molar-refractivity contribution in [2.45, 2.75) is 33.7 Å². The summed E-state index contributed by atoms with van der Waals surface area (Å²) in [4.78, 5) is 15.8. The number of benzene rings is 1. The lowest BCUT2D eigenvalue weighted by Crippen LogP contribution is -2.09. The van der Waals surface area contributed by atoms with Crippen molar-refractivity contribution >= 4 is 38.4 Å². The normalized spacial score (nSPS) is 11.5. The summed E-state index contributed by atoms with van der Waals surface area (Å²) in [6.45, 7) is 8.16. The maximum absolute atomic E-state index is 4.63. The third-order valence-corrected chi connectivity index (χ3v) is 5.78. The topological polar surface area (TPSA) is 55.6 Å². The molecule has 0 saturated heterocycles. The van der Waals surface area contributed by atoms with Crippen molar-refractivity contribution in [2.75, 3.05) is 11.9 Å². The van der Waals surface area contributed by atoms with E-state index in [1.165, 1.54) is 16.0 Å². The number of fused-ring (bicyclic) bond motifs is 2. The Morgan fingerprint density at radius 2 is 1.96 bits per heavy atom. The van der Waals surface area contributed by atoms with Gasteiger partial charge in [0.25, 0.3) is 0 Å². The third-order valence-electron chi connectivity index (χ3n) is 4.66. The number of hydrogen-bond acceptors (Lipinski definition) is 5. The Hall–Kier alpha value is -2.47. The minimum atomic E-state index is 0.867. The second kappa shape index (κ2) is 6.44. The van der Waals surface area contributed by atoms with Crippen LogP contribution in [0.25, 0.3) is 21.3 Å². The van der Waals surface area contributed by atoms with Crippen LogP contribution in [0.15, 0.2) is 30.6 Å². The van der Waals surface area contributed by atoms with Crippen molar-refractivity contribution in [3.63, 3.8) is 0 Å². The van der Waals surface area contributed by atoms with Crippen LogP contribution in [0.3, 0.4) is 0 Å². The highest BCUT2D eigenvalue weighted by atomic mass is 32.1. The highest BCUT2D eigenvalue weighted by Crippen LogP contribution is 2.32. The van der Waals surface area contributed by atoms with E-state index in [2.05, 4.69) is 63.8 Å². The lowest BCUT2D eigenvalue weighted by Gasteiger charge is -2.09. The first kappa shape index (κ1) is 16.0. The van der Waals surface area contributed by atoms with Gasteiger partial charge >= 0.3 is 0 Å². The number of aromatic nitrogens is 4. The van der Waals surface area contributed by atoms with Crippen molar-refractivity contribution in [1.82, 2.24) is 19.5 Å². The molecule has 3 aromatic heterocycles. The van der Waals surface area contributed by atoms with E-state index < -0.39 is 0 Å². The predicted molar refractivity (Wildman–Crippen MR) is 104 cm³/mol. The first-order valence-corrected chi connectivity index (χ1v) is 9.33.